The highest BCUT2D eigenvalue weighted by atomic mass is 16.1. The summed E-state index contributed by atoms with van der Waals surface area (Å²) in [5.41, 5.74) is 15.6. The first-order valence-corrected chi connectivity index (χ1v) is 6.94. The Balaban J connectivity index is 2.13. The molecule has 0 fully saturated rings. The van der Waals surface area contributed by atoms with Gasteiger partial charge in [0, 0.05) is 13.1 Å². The molecule has 0 radical (unpaired) electrons. The minimum Gasteiger partial charge on any atom is -0.369 e. The fourth-order valence-corrected chi connectivity index (χ4v) is 2.40. The van der Waals surface area contributed by atoms with Crippen LogP contribution in [0.25, 0.3) is 11.1 Å². The smallest absolute Gasteiger partial charge is 0.231 e. The number of amides is 1. The molecule has 4 nitrogen and oxygen atoms in total. The third kappa shape index (κ3) is 4.15. The monoisotopic (exact) mass is 283 g/mol. The summed E-state index contributed by atoms with van der Waals surface area (Å²) in [6.45, 7) is 1.48. The first-order chi connectivity index (χ1) is 10.1. The van der Waals surface area contributed by atoms with E-state index < -0.39 is 0 Å². The zero-order valence-corrected chi connectivity index (χ0v) is 12.3. The Morgan fingerprint density at radius 2 is 1.76 bits per heavy atom. The number of carbonyl (C=O) groups excluding carboxylic acids is 1. The van der Waals surface area contributed by atoms with Crippen molar-refractivity contribution in [3.63, 3.8) is 0 Å². The molecule has 4 heteroatoms. The highest BCUT2D eigenvalue weighted by Gasteiger charge is 2.06. The van der Waals surface area contributed by atoms with Gasteiger partial charge in [-0.1, -0.05) is 48.5 Å². The number of rotatable bonds is 6. The molecular formula is C17H21N3O. The normalized spacial score (nSPS) is 10.8. The van der Waals surface area contributed by atoms with Crippen molar-refractivity contribution in [2.24, 2.45) is 11.5 Å². The van der Waals surface area contributed by atoms with Gasteiger partial charge in [0.05, 0.1) is 6.54 Å². The molecule has 21 heavy (non-hydrogen) atoms. The van der Waals surface area contributed by atoms with Crippen molar-refractivity contribution in [1.29, 1.82) is 0 Å². The van der Waals surface area contributed by atoms with Crippen LogP contribution in [0, 0.1) is 0 Å². The van der Waals surface area contributed by atoms with Gasteiger partial charge in [0.15, 0.2) is 0 Å². The van der Waals surface area contributed by atoms with E-state index in [-0.39, 0.29) is 12.5 Å². The highest BCUT2D eigenvalue weighted by Crippen LogP contribution is 2.23. The van der Waals surface area contributed by atoms with Crippen LogP contribution in [0.3, 0.4) is 0 Å². The first-order valence-electron chi connectivity index (χ1n) is 6.94. The number of nitrogens with two attached hydrogens (primary N) is 2. The molecule has 0 aliphatic heterocycles. The molecule has 1 amide bonds. The molecular weight excluding hydrogens is 262 g/mol. The minimum absolute atomic E-state index is 0.262. The average Bonchev–Trinajstić information content (AvgIpc) is 2.47. The Labute approximate surface area is 125 Å². The van der Waals surface area contributed by atoms with Crippen molar-refractivity contribution < 1.29 is 4.79 Å². The Morgan fingerprint density at radius 3 is 2.38 bits per heavy atom. The van der Waals surface area contributed by atoms with Gasteiger partial charge in [0.25, 0.3) is 0 Å². The van der Waals surface area contributed by atoms with E-state index in [4.69, 9.17) is 11.5 Å². The van der Waals surface area contributed by atoms with E-state index in [9.17, 15) is 4.79 Å². The third-order valence-electron chi connectivity index (χ3n) is 3.38. The van der Waals surface area contributed by atoms with Gasteiger partial charge in [0.1, 0.15) is 0 Å². The number of primary amides is 1. The van der Waals surface area contributed by atoms with Gasteiger partial charge in [0.2, 0.25) is 5.91 Å². The quantitative estimate of drug-likeness (QED) is 0.848. The molecule has 0 saturated carbocycles. The van der Waals surface area contributed by atoms with Crippen LogP contribution < -0.4 is 11.5 Å². The van der Waals surface area contributed by atoms with Gasteiger partial charge >= 0.3 is 0 Å². The van der Waals surface area contributed by atoms with E-state index in [1.165, 1.54) is 0 Å². The lowest BCUT2D eigenvalue weighted by Crippen LogP contribution is -2.30. The summed E-state index contributed by atoms with van der Waals surface area (Å²) in [5.74, 6) is -0.314. The van der Waals surface area contributed by atoms with Crippen LogP contribution >= 0.6 is 0 Å². The van der Waals surface area contributed by atoms with Crippen LogP contribution in [0.1, 0.15) is 11.1 Å². The zero-order chi connectivity index (χ0) is 15.2. The van der Waals surface area contributed by atoms with E-state index in [1.54, 1.807) is 0 Å². The number of nitrogens with zero attached hydrogens (tertiary/aromatic N) is 1. The van der Waals surface area contributed by atoms with E-state index >= 15 is 0 Å². The summed E-state index contributed by atoms with van der Waals surface area (Å²) in [7, 11) is 1.88. The molecule has 0 atom stereocenters. The van der Waals surface area contributed by atoms with Crippen LogP contribution in [0.4, 0.5) is 0 Å². The average molecular weight is 283 g/mol. The van der Waals surface area contributed by atoms with Crippen molar-refractivity contribution in [3.05, 3.63) is 59.7 Å². The van der Waals surface area contributed by atoms with E-state index in [0.717, 1.165) is 22.3 Å². The molecule has 2 aromatic carbocycles. The fourth-order valence-electron chi connectivity index (χ4n) is 2.40. The summed E-state index contributed by atoms with van der Waals surface area (Å²) >= 11 is 0. The second kappa shape index (κ2) is 7.02. The number of benzene rings is 2. The standard InChI is InChI=1S/C17H21N3O/c1-20(12-17(19)21)11-13-6-8-14(9-7-13)16-5-3-2-4-15(16)10-18/h2-9H,10-12,18H2,1H3,(H2,19,21). The zero-order valence-electron chi connectivity index (χ0n) is 12.3. The van der Waals surface area contributed by atoms with Crippen LogP contribution in [-0.4, -0.2) is 24.4 Å². The summed E-state index contributed by atoms with van der Waals surface area (Å²) in [6.07, 6.45) is 0. The molecule has 4 N–H and O–H groups in total. The number of carbonyl (C=O) groups is 1. The van der Waals surface area contributed by atoms with Crippen LogP contribution in [0.15, 0.2) is 48.5 Å². The second-order valence-corrected chi connectivity index (χ2v) is 5.20. The Hall–Kier alpha value is -2.17. The van der Waals surface area contributed by atoms with Crippen molar-refractivity contribution >= 4 is 5.91 Å². The maximum atomic E-state index is 10.9. The number of hydrogen-bond donors (Lipinski definition) is 2. The summed E-state index contributed by atoms with van der Waals surface area (Å²) in [6, 6.07) is 16.5. The Bertz CT molecular complexity index is 608. The Kier molecular flexibility index (Phi) is 5.09. The van der Waals surface area contributed by atoms with Crippen LogP contribution in [0.2, 0.25) is 0 Å². The van der Waals surface area contributed by atoms with Crippen LogP contribution in [0.5, 0.6) is 0 Å². The molecule has 0 bridgehead atoms. The van der Waals surface area contributed by atoms with Crippen molar-refractivity contribution in [1.82, 2.24) is 4.90 Å². The maximum absolute atomic E-state index is 10.9. The maximum Gasteiger partial charge on any atom is 0.231 e. The lowest BCUT2D eigenvalue weighted by Gasteiger charge is -2.15. The van der Waals surface area contributed by atoms with Gasteiger partial charge in [-0.3, -0.25) is 9.69 Å². The third-order valence-corrected chi connectivity index (χ3v) is 3.38. The molecule has 0 aliphatic carbocycles. The van der Waals surface area contributed by atoms with Crippen molar-refractivity contribution in [2.45, 2.75) is 13.1 Å². The predicted molar refractivity (Wildman–Crippen MR) is 85.3 cm³/mol. The molecule has 2 rings (SSSR count). The topological polar surface area (TPSA) is 72.3 Å². The predicted octanol–water partition coefficient (Wildman–Crippen LogP) is 1.73. The molecule has 0 heterocycles. The van der Waals surface area contributed by atoms with Gasteiger partial charge in [-0.05, 0) is 29.3 Å². The van der Waals surface area contributed by atoms with Gasteiger partial charge in [-0.2, -0.15) is 0 Å². The lowest BCUT2D eigenvalue weighted by molar-refractivity contribution is -0.118. The van der Waals surface area contributed by atoms with Gasteiger partial charge < -0.3 is 11.5 Å². The van der Waals surface area contributed by atoms with E-state index in [2.05, 4.69) is 30.3 Å². The molecule has 0 aliphatic rings. The van der Waals surface area contributed by atoms with Crippen LogP contribution in [-0.2, 0) is 17.9 Å². The summed E-state index contributed by atoms with van der Waals surface area (Å²) in [4.78, 5) is 12.8. The molecule has 110 valence electrons. The second-order valence-electron chi connectivity index (χ2n) is 5.20. The SMILES string of the molecule is CN(CC(N)=O)Cc1ccc(-c2ccccc2CN)cc1. The fraction of sp³-hybridized carbons (Fsp3) is 0.235. The van der Waals surface area contributed by atoms with E-state index in [0.29, 0.717) is 13.1 Å². The molecule has 0 spiro atoms. The highest BCUT2D eigenvalue weighted by molar-refractivity contribution is 5.75. The molecule has 0 aromatic heterocycles. The largest absolute Gasteiger partial charge is 0.369 e. The minimum atomic E-state index is -0.314. The van der Waals surface area contributed by atoms with Crippen molar-refractivity contribution in [2.75, 3.05) is 13.6 Å². The van der Waals surface area contributed by atoms with E-state index in [1.807, 2.05) is 30.1 Å². The molecule has 2 aromatic rings. The number of likely N-dealkylation sites (N-methyl/N-ethyl adjacent to an activating group) is 1. The number of hydrogen-bond acceptors (Lipinski definition) is 3. The van der Waals surface area contributed by atoms with Gasteiger partial charge in [-0.15, -0.1) is 0 Å². The Morgan fingerprint density at radius 1 is 1.10 bits per heavy atom. The van der Waals surface area contributed by atoms with Crippen molar-refractivity contribution in [3.8, 4) is 11.1 Å². The molecule has 0 unspecified atom stereocenters. The van der Waals surface area contributed by atoms with Gasteiger partial charge in [-0.25, -0.2) is 0 Å². The lowest BCUT2D eigenvalue weighted by atomic mass is 9.99. The molecule has 0 saturated heterocycles. The summed E-state index contributed by atoms with van der Waals surface area (Å²) < 4.78 is 0. The first kappa shape index (κ1) is 15.2. The summed E-state index contributed by atoms with van der Waals surface area (Å²) in [5, 5.41) is 0.